The zero-order valence-electron chi connectivity index (χ0n) is 12.7. The molecule has 0 aliphatic carbocycles. The lowest BCUT2D eigenvalue weighted by molar-refractivity contribution is -0.139. The Morgan fingerprint density at radius 2 is 1.68 bits per heavy atom. The van der Waals surface area contributed by atoms with Crippen molar-refractivity contribution in [3.05, 3.63) is 48.2 Å². The first-order valence-corrected chi connectivity index (χ1v) is 6.73. The Morgan fingerprint density at radius 1 is 1.05 bits per heavy atom. The van der Waals surface area contributed by atoms with Crippen molar-refractivity contribution in [2.75, 3.05) is 0 Å². The number of nitrogens with zero attached hydrogens (tertiary/aromatic N) is 1. The molecule has 22 heavy (non-hydrogen) atoms. The van der Waals surface area contributed by atoms with Gasteiger partial charge in [0.2, 0.25) is 5.88 Å². The van der Waals surface area contributed by atoms with Crippen LogP contribution < -0.4 is 15.4 Å². The Hall–Kier alpha value is -2.76. The molecule has 0 unspecified atom stereocenters. The molecule has 0 saturated carbocycles. The molecular formula is C16H18N2O4. The largest absolute Gasteiger partial charge is 0.447 e. The Kier molecular flexibility index (Phi) is 4.50. The number of primary amides is 1. The summed E-state index contributed by atoms with van der Waals surface area (Å²) in [5.74, 6) is 1.33. The summed E-state index contributed by atoms with van der Waals surface area (Å²) in [6.45, 7) is 6.45. The standard InChI is InChI=1S/C16H18N2O4/c1-16(2,3)11-4-6-12(7-5-11)20-14-9-8-13(10-18-14)21-22-15(17)19/h4-10H,1-3H3,(H2,17,19). The normalized spacial score (nSPS) is 10.9. The number of benzene rings is 1. The number of hydrogen-bond donors (Lipinski definition) is 1. The van der Waals surface area contributed by atoms with Gasteiger partial charge >= 0.3 is 6.09 Å². The lowest BCUT2D eigenvalue weighted by Crippen LogP contribution is -2.15. The minimum absolute atomic E-state index is 0.0934. The number of aromatic nitrogens is 1. The molecule has 0 radical (unpaired) electrons. The van der Waals surface area contributed by atoms with Crippen LogP contribution in [0.25, 0.3) is 0 Å². The number of carbonyl (C=O) groups excluding carboxylic acids is 1. The molecule has 0 saturated heterocycles. The van der Waals surface area contributed by atoms with Crippen molar-refractivity contribution in [1.82, 2.24) is 4.98 Å². The molecule has 6 heteroatoms. The fourth-order valence-corrected chi connectivity index (χ4v) is 1.71. The number of nitrogens with two attached hydrogens (primary N) is 1. The fourth-order valence-electron chi connectivity index (χ4n) is 1.71. The molecule has 2 rings (SSSR count). The van der Waals surface area contributed by atoms with Gasteiger partial charge in [-0.25, -0.2) is 14.7 Å². The predicted octanol–water partition coefficient (Wildman–Crippen LogP) is 3.56. The van der Waals surface area contributed by atoms with Crippen molar-refractivity contribution in [3.8, 4) is 17.4 Å². The van der Waals surface area contributed by atoms with Crippen LogP contribution in [0.5, 0.6) is 17.4 Å². The maximum absolute atomic E-state index is 10.4. The van der Waals surface area contributed by atoms with Crippen LogP contribution in [0.2, 0.25) is 0 Å². The van der Waals surface area contributed by atoms with Crippen LogP contribution in [0.1, 0.15) is 26.3 Å². The van der Waals surface area contributed by atoms with Crippen LogP contribution in [-0.4, -0.2) is 11.1 Å². The number of hydrogen-bond acceptors (Lipinski definition) is 5. The van der Waals surface area contributed by atoms with Gasteiger partial charge in [-0.1, -0.05) is 32.9 Å². The highest BCUT2D eigenvalue weighted by molar-refractivity contribution is 5.63. The second-order valence-corrected chi connectivity index (χ2v) is 5.69. The maximum atomic E-state index is 10.4. The number of carbonyl (C=O) groups is 1. The van der Waals surface area contributed by atoms with Gasteiger partial charge < -0.3 is 10.5 Å². The lowest BCUT2D eigenvalue weighted by Gasteiger charge is -2.19. The van der Waals surface area contributed by atoms with E-state index in [1.54, 1.807) is 12.1 Å². The first kappa shape index (κ1) is 15.6. The molecule has 1 amide bonds. The van der Waals surface area contributed by atoms with E-state index in [0.29, 0.717) is 11.6 Å². The molecule has 0 atom stereocenters. The van der Waals surface area contributed by atoms with Gasteiger partial charge in [0.15, 0.2) is 5.75 Å². The maximum Gasteiger partial charge on any atom is 0.447 e. The summed E-state index contributed by atoms with van der Waals surface area (Å²) in [5.41, 5.74) is 6.10. The van der Waals surface area contributed by atoms with E-state index in [1.807, 2.05) is 24.3 Å². The van der Waals surface area contributed by atoms with E-state index in [9.17, 15) is 4.79 Å². The van der Waals surface area contributed by atoms with Crippen LogP contribution >= 0.6 is 0 Å². The predicted molar refractivity (Wildman–Crippen MR) is 80.7 cm³/mol. The quantitative estimate of drug-likeness (QED) is 0.689. The van der Waals surface area contributed by atoms with E-state index in [2.05, 4.69) is 35.5 Å². The molecule has 116 valence electrons. The van der Waals surface area contributed by atoms with Gasteiger partial charge in [0.05, 0.1) is 6.20 Å². The highest BCUT2D eigenvalue weighted by Gasteiger charge is 2.13. The first-order chi connectivity index (χ1) is 10.3. The molecule has 2 N–H and O–H groups in total. The van der Waals surface area contributed by atoms with E-state index >= 15 is 0 Å². The fraction of sp³-hybridized carbons (Fsp3) is 0.250. The van der Waals surface area contributed by atoms with E-state index in [0.717, 1.165) is 0 Å². The molecule has 0 aliphatic heterocycles. The smallest absolute Gasteiger partial charge is 0.439 e. The third-order valence-corrected chi connectivity index (χ3v) is 2.87. The number of ether oxygens (including phenoxy) is 1. The molecule has 0 fully saturated rings. The summed E-state index contributed by atoms with van der Waals surface area (Å²) >= 11 is 0. The average Bonchev–Trinajstić information content (AvgIpc) is 2.46. The minimum atomic E-state index is -1.03. The van der Waals surface area contributed by atoms with Crippen molar-refractivity contribution in [2.24, 2.45) is 5.73 Å². The summed E-state index contributed by atoms with van der Waals surface area (Å²) in [6, 6.07) is 11.0. The number of pyridine rings is 1. The van der Waals surface area contributed by atoms with E-state index < -0.39 is 6.09 Å². The highest BCUT2D eigenvalue weighted by atomic mass is 17.2. The third kappa shape index (κ3) is 4.37. The van der Waals surface area contributed by atoms with E-state index in [-0.39, 0.29) is 11.2 Å². The summed E-state index contributed by atoms with van der Waals surface area (Å²) in [6.07, 6.45) is 0.334. The topological polar surface area (TPSA) is 83.7 Å². The van der Waals surface area contributed by atoms with Crippen LogP contribution in [0.15, 0.2) is 42.6 Å². The molecule has 1 aromatic heterocycles. The van der Waals surface area contributed by atoms with Crippen LogP contribution in [0, 0.1) is 0 Å². The van der Waals surface area contributed by atoms with Gasteiger partial charge in [-0.3, -0.25) is 4.89 Å². The van der Waals surface area contributed by atoms with Crippen molar-refractivity contribution >= 4 is 6.09 Å². The molecule has 2 aromatic rings. The van der Waals surface area contributed by atoms with Gasteiger partial charge in [-0.2, -0.15) is 0 Å². The zero-order valence-corrected chi connectivity index (χ0v) is 12.7. The SMILES string of the molecule is CC(C)(C)c1ccc(Oc2ccc(OOC(N)=O)cn2)cc1. The highest BCUT2D eigenvalue weighted by Crippen LogP contribution is 2.26. The second kappa shape index (κ2) is 6.34. The summed E-state index contributed by atoms with van der Waals surface area (Å²) in [4.78, 5) is 23.3. The Morgan fingerprint density at radius 3 is 2.18 bits per heavy atom. The second-order valence-electron chi connectivity index (χ2n) is 5.69. The average molecular weight is 302 g/mol. The third-order valence-electron chi connectivity index (χ3n) is 2.87. The summed E-state index contributed by atoms with van der Waals surface area (Å²) < 4.78 is 5.63. The Balaban J connectivity index is 2.00. The molecule has 0 aliphatic rings. The van der Waals surface area contributed by atoms with Gasteiger partial charge in [0.1, 0.15) is 5.75 Å². The summed E-state index contributed by atoms with van der Waals surface area (Å²) in [5, 5.41) is 0. The number of amides is 1. The van der Waals surface area contributed by atoms with Crippen molar-refractivity contribution in [3.63, 3.8) is 0 Å². The molecule has 0 bridgehead atoms. The van der Waals surface area contributed by atoms with Crippen LogP contribution in [0.4, 0.5) is 4.79 Å². The zero-order chi connectivity index (χ0) is 16.2. The van der Waals surface area contributed by atoms with Gasteiger partial charge in [-0.15, -0.1) is 0 Å². The van der Waals surface area contributed by atoms with Crippen molar-refractivity contribution in [2.45, 2.75) is 26.2 Å². The Bertz CT molecular complexity index is 631. The first-order valence-electron chi connectivity index (χ1n) is 6.73. The molecule has 1 heterocycles. The van der Waals surface area contributed by atoms with Crippen molar-refractivity contribution < 1.29 is 19.3 Å². The van der Waals surface area contributed by atoms with Gasteiger partial charge in [-0.05, 0) is 29.2 Å². The van der Waals surface area contributed by atoms with Gasteiger partial charge in [0.25, 0.3) is 0 Å². The van der Waals surface area contributed by atoms with E-state index in [4.69, 9.17) is 10.5 Å². The van der Waals surface area contributed by atoms with Crippen LogP contribution in [0.3, 0.4) is 0 Å². The molecule has 6 nitrogen and oxygen atoms in total. The molecule has 1 aromatic carbocycles. The summed E-state index contributed by atoms with van der Waals surface area (Å²) in [7, 11) is 0. The van der Waals surface area contributed by atoms with Crippen LogP contribution in [-0.2, 0) is 10.3 Å². The molecule has 0 spiro atoms. The minimum Gasteiger partial charge on any atom is -0.439 e. The molecular weight excluding hydrogens is 284 g/mol. The van der Waals surface area contributed by atoms with Crippen molar-refractivity contribution in [1.29, 1.82) is 0 Å². The Labute approximate surface area is 128 Å². The number of rotatable bonds is 4. The lowest BCUT2D eigenvalue weighted by atomic mass is 9.87. The monoisotopic (exact) mass is 302 g/mol. The van der Waals surface area contributed by atoms with Gasteiger partial charge in [0, 0.05) is 6.07 Å². The van der Waals surface area contributed by atoms with E-state index in [1.165, 1.54) is 11.8 Å².